The third kappa shape index (κ3) is 4.62. The van der Waals surface area contributed by atoms with E-state index >= 15 is 0 Å². The maximum atomic E-state index is 12.6. The van der Waals surface area contributed by atoms with Crippen molar-refractivity contribution < 1.29 is 9.90 Å². The van der Waals surface area contributed by atoms with Crippen LogP contribution in [0.4, 0.5) is 5.69 Å². The van der Waals surface area contributed by atoms with Crippen LogP contribution in [0.2, 0.25) is 0 Å². The van der Waals surface area contributed by atoms with Gasteiger partial charge in [-0.2, -0.15) is 0 Å². The van der Waals surface area contributed by atoms with E-state index in [-0.39, 0.29) is 11.8 Å². The molecule has 1 aliphatic rings. The van der Waals surface area contributed by atoms with Crippen LogP contribution in [0.1, 0.15) is 42.5 Å². The first-order chi connectivity index (χ1) is 10.6. The van der Waals surface area contributed by atoms with Gasteiger partial charge in [-0.3, -0.25) is 4.79 Å². The van der Waals surface area contributed by atoms with E-state index in [1.165, 1.54) is 19.3 Å². The number of amides is 1. The Bertz CT molecular complexity index is 489. The maximum absolute atomic E-state index is 12.6. The number of hydrogen-bond acceptors (Lipinski definition) is 3. The summed E-state index contributed by atoms with van der Waals surface area (Å²) < 4.78 is 0. The number of hydrogen-bond donors (Lipinski definition) is 2. The van der Waals surface area contributed by atoms with Gasteiger partial charge in [0.05, 0.1) is 12.0 Å². The van der Waals surface area contributed by atoms with Crippen molar-refractivity contribution in [1.82, 2.24) is 4.90 Å². The molecule has 0 bridgehead atoms. The minimum Gasteiger partial charge on any atom is -0.390 e. The Labute approximate surface area is 137 Å². The Balaban J connectivity index is 1.99. The third-order valence-corrected chi connectivity index (χ3v) is 4.63. The van der Waals surface area contributed by atoms with Gasteiger partial charge in [-0.05, 0) is 31.0 Å². The number of anilines is 1. The Morgan fingerprint density at radius 2 is 2.14 bits per heavy atom. The number of carbonyl (C=O) groups is 1. The van der Waals surface area contributed by atoms with Crippen LogP contribution in [0.15, 0.2) is 24.3 Å². The van der Waals surface area contributed by atoms with Crippen molar-refractivity contribution in [3.05, 3.63) is 29.8 Å². The lowest BCUT2D eigenvalue weighted by atomic mass is 9.94. The van der Waals surface area contributed by atoms with Crippen molar-refractivity contribution in [2.75, 3.05) is 24.8 Å². The molecule has 1 unspecified atom stereocenters. The van der Waals surface area contributed by atoms with Crippen molar-refractivity contribution in [2.24, 2.45) is 0 Å². The van der Waals surface area contributed by atoms with Crippen LogP contribution in [0, 0.1) is 0 Å². The van der Waals surface area contributed by atoms with Crippen LogP contribution in [-0.2, 0) is 0 Å². The molecule has 0 aliphatic heterocycles. The molecule has 0 spiro atoms. The second kappa shape index (κ2) is 8.39. The molecule has 1 fully saturated rings. The first kappa shape index (κ1) is 17.1. The number of nitrogens with zero attached hydrogens (tertiary/aromatic N) is 1. The second-order valence-corrected chi connectivity index (χ2v) is 6.29. The summed E-state index contributed by atoms with van der Waals surface area (Å²) in [6.45, 7) is 0.375. The molecule has 2 rings (SSSR count). The summed E-state index contributed by atoms with van der Waals surface area (Å²) in [5.74, 6) is 0.254. The van der Waals surface area contributed by atoms with E-state index in [4.69, 9.17) is 11.6 Å². The number of rotatable bonds is 6. The van der Waals surface area contributed by atoms with Crippen molar-refractivity contribution >= 4 is 23.2 Å². The molecule has 4 nitrogen and oxygen atoms in total. The molecule has 0 aromatic heterocycles. The first-order valence-corrected chi connectivity index (χ1v) is 8.50. The largest absolute Gasteiger partial charge is 0.390 e. The second-order valence-electron chi connectivity index (χ2n) is 5.98. The first-order valence-electron chi connectivity index (χ1n) is 7.97. The molecule has 1 aromatic carbocycles. The van der Waals surface area contributed by atoms with Crippen molar-refractivity contribution in [3.8, 4) is 0 Å². The fraction of sp³-hybridized carbons (Fsp3) is 0.588. The van der Waals surface area contributed by atoms with Gasteiger partial charge in [0.15, 0.2) is 0 Å². The van der Waals surface area contributed by atoms with Crippen LogP contribution >= 0.6 is 11.6 Å². The molecule has 1 aromatic rings. The summed E-state index contributed by atoms with van der Waals surface area (Å²) in [7, 11) is 1.90. The van der Waals surface area contributed by atoms with E-state index in [0.717, 1.165) is 18.5 Å². The summed E-state index contributed by atoms with van der Waals surface area (Å²) in [5.41, 5.74) is 1.51. The Morgan fingerprint density at radius 1 is 1.41 bits per heavy atom. The van der Waals surface area contributed by atoms with Gasteiger partial charge in [0, 0.05) is 30.9 Å². The van der Waals surface area contributed by atoms with E-state index in [1.54, 1.807) is 0 Å². The van der Waals surface area contributed by atoms with E-state index in [1.807, 2.05) is 36.2 Å². The SMILES string of the molecule is CN(C(=O)c1cccc(NCC(O)CCl)c1)C1CCCCC1. The average molecular weight is 325 g/mol. The molecule has 0 radical (unpaired) electrons. The van der Waals surface area contributed by atoms with Crippen molar-refractivity contribution in [3.63, 3.8) is 0 Å². The highest BCUT2D eigenvalue weighted by molar-refractivity contribution is 6.18. The van der Waals surface area contributed by atoms with Crippen LogP contribution < -0.4 is 5.32 Å². The molecule has 22 heavy (non-hydrogen) atoms. The zero-order valence-electron chi connectivity index (χ0n) is 13.1. The van der Waals surface area contributed by atoms with Crippen LogP contribution in [0.3, 0.4) is 0 Å². The number of aliphatic hydroxyl groups excluding tert-OH is 1. The Morgan fingerprint density at radius 3 is 2.82 bits per heavy atom. The molecule has 122 valence electrons. The standard InChI is InChI=1S/C17H25ClN2O2/c1-20(15-8-3-2-4-9-15)17(22)13-6-5-7-14(10-13)19-12-16(21)11-18/h5-7,10,15-16,19,21H,2-4,8-9,11-12H2,1H3. The third-order valence-electron chi connectivity index (χ3n) is 4.27. The lowest BCUT2D eigenvalue weighted by molar-refractivity contribution is 0.0696. The monoisotopic (exact) mass is 324 g/mol. The molecule has 1 saturated carbocycles. The number of halogens is 1. The quantitative estimate of drug-likeness (QED) is 0.791. The molecule has 1 atom stereocenters. The minimum absolute atomic E-state index is 0.0634. The average Bonchev–Trinajstić information content (AvgIpc) is 2.59. The van der Waals surface area contributed by atoms with Gasteiger partial charge in [0.1, 0.15) is 0 Å². The number of benzene rings is 1. The predicted octanol–water partition coefficient (Wildman–Crippen LogP) is 3.10. The van der Waals surface area contributed by atoms with Crippen LogP contribution in [-0.4, -0.2) is 47.5 Å². The van der Waals surface area contributed by atoms with Crippen LogP contribution in [0.25, 0.3) is 0 Å². The fourth-order valence-corrected chi connectivity index (χ4v) is 3.00. The fourth-order valence-electron chi connectivity index (χ4n) is 2.89. The van der Waals surface area contributed by atoms with E-state index in [0.29, 0.717) is 18.2 Å². The normalized spacial score (nSPS) is 17.0. The summed E-state index contributed by atoms with van der Waals surface area (Å²) in [5, 5.41) is 12.6. The summed E-state index contributed by atoms with van der Waals surface area (Å²) in [6, 6.07) is 7.78. The number of nitrogens with one attached hydrogen (secondary N) is 1. The zero-order valence-corrected chi connectivity index (χ0v) is 13.9. The van der Waals surface area contributed by atoms with E-state index < -0.39 is 6.10 Å². The number of aliphatic hydroxyl groups is 1. The van der Waals surface area contributed by atoms with Gasteiger partial charge in [0.2, 0.25) is 0 Å². The van der Waals surface area contributed by atoms with E-state index in [2.05, 4.69) is 5.32 Å². The van der Waals surface area contributed by atoms with Gasteiger partial charge < -0.3 is 15.3 Å². The maximum Gasteiger partial charge on any atom is 0.253 e. The number of carbonyl (C=O) groups excluding carboxylic acids is 1. The molecule has 2 N–H and O–H groups in total. The molecule has 1 amide bonds. The van der Waals surface area contributed by atoms with Crippen LogP contribution in [0.5, 0.6) is 0 Å². The molecule has 5 heteroatoms. The molecule has 1 aliphatic carbocycles. The van der Waals surface area contributed by atoms with E-state index in [9.17, 15) is 9.90 Å². The molecule has 0 heterocycles. The highest BCUT2D eigenvalue weighted by Crippen LogP contribution is 2.23. The minimum atomic E-state index is -0.592. The summed E-state index contributed by atoms with van der Waals surface area (Å²) in [6.07, 6.45) is 5.30. The molecular formula is C17H25ClN2O2. The van der Waals surface area contributed by atoms with Gasteiger partial charge in [0.25, 0.3) is 5.91 Å². The molecular weight excluding hydrogens is 300 g/mol. The Kier molecular flexibility index (Phi) is 6.52. The van der Waals surface area contributed by atoms with Gasteiger partial charge in [-0.1, -0.05) is 25.3 Å². The lowest BCUT2D eigenvalue weighted by Crippen LogP contribution is -2.38. The van der Waals surface area contributed by atoms with Gasteiger partial charge in [-0.15, -0.1) is 11.6 Å². The number of alkyl halides is 1. The lowest BCUT2D eigenvalue weighted by Gasteiger charge is -2.31. The topological polar surface area (TPSA) is 52.6 Å². The predicted molar refractivity (Wildman–Crippen MR) is 90.6 cm³/mol. The highest BCUT2D eigenvalue weighted by Gasteiger charge is 2.23. The van der Waals surface area contributed by atoms with Crippen molar-refractivity contribution in [2.45, 2.75) is 44.2 Å². The van der Waals surface area contributed by atoms with Gasteiger partial charge in [-0.25, -0.2) is 0 Å². The molecule has 0 saturated heterocycles. The summed E-state index contributed by atoms with van der Waals surface area (Å²) >= 11 is 5.58. The van der Waals surface area contributed by atoms with Gasteiger partial charge >= 0.3 is 0 Å². The zero-order chi connectivity index (χ0) is 15.9. The summed E-state index contributed by atoms with van der Waals surface area (Å²) in [4.78, 5) is 14.5. The smallest absolute Gasteiger partial charge is 0.253 e. The Hall–Kier alpha value is -1.26. The van der Waals surface area contributed by atoms with Crippen molar-refractivity contribution in [1.29, 1.82) is 0 Å². The highest BCUT2D eigenvalue weighted by atomic mass is 35.5.